The van der Waals surface area contributed by atoms with Crippen molar-refractivity contribution in [3.63, 3.8) is 0 Å². The first-order valence-electron chi connectivity index (χ1n) is 46.4. The maximum atomic E-state index is 6.55. The van der Waals surface area contributed by atoms with E-state index in [0.29, 0.717) is 0 Å². The Hall–Kier alpha value is -18.5. The molecular formula is C127H75N7O3. The van der Waals surface area contributed by atoms with Crippen LogP contribution in [0.5, 0.6) is 0 Å². The average molecular weight is 1750 g/mol. The Morgan fingerprint density at radius 2 is 0.423 bits per heavy atom. The maximum Gasteiger partial charge on any atom is 0.162 e. The van der Waals surface area contributed by atoms with Crippen molar-refractivity contribution in [3.8, 4) is 89.0 Å². The van der Waals surface area contributed by atoms with Gasteiger partial charge in [-0.3, -0.25) is 8.80 Å². The summed E-state index contributed by atoms with van der Waals surface area (Å²) in [4.78, 5) is 25.2. The number of hydrogen-bond acceptors (Lipinski definition) is 8. The lowest BCUT2D eigenvalue weighted by Gasteiger charge is -2.19. The number of fused-ring (bicyclic) bond motifs is 30. The first-order valence-corrected chi connectivity index (χ1v) is 46.4. The van der Waals surface area contributed by atoms with Crippen LogP contribution in [-0.4, -0.2) is 33.7 Å². The number of nitrogens with zero attached hydrogens (tertiary/aromatic N) is 7. The Morgan fingerprint density at radius 1 is 0.146 bits per heavy atom. The zero-order valence-electron chi connectivity index (χ0n) is 73.7. The molecule has 0 atom stereocenters. The molecule has 0 unspecified atom stereocenters. The van der Waals surface area contributed by atoms with E-state index in [4.69, 9.17) is 38.2 Å². The van der Waals surface area contributed by atoms with E-state index >= 15 is 0 Å². The minimum Gasteiger partial charge on any atom is -0.454 e. The molecule has 0 N–H and O–H groups in total. The molecule has 10 aromatic heterocycles. The van der Waals surface area contributed by atoms with Gasteiger partial charge in [-0.1, -0.05) is 334 Å². The molecule has 0 aliphatic heterocycles. The molecule has 0 radical (unpaired) electrons. The topological polar surface area (TPSA) is 113 Å². The van der Waals surface area contributed by atoms with Gasteiger partial charge >= 0.3 is 0 Å². The third-order valence-electron chi connectivity index (χ3n) is 27.7. The molecular weight excluding hydrogens is 1670 g/mol. The van der Waals surface area contributed by atoms with Crippen molar-refractivity contribution in [3.05, 3.63) is 455 Å². The van der Waals surface area contributed by atoms with E-state index in [2.05, 4.69) is 397 Å². The number of benzene rings is 20. The van der Waals surface area contributed by atoms with Gasteiger partial charge in [-0.25, -0.2) is 24.9 Å². The van der Waals surface area contributed by atoms with Crippen molar-refractivity contribution >= 4 is 197 Å². The number of aromatic nitrogens is 7. The lowest BCUT2D eigenvalue weighted by Crippen LogP contribution is -1.92. The molecule has 30 rings (SSSR count). The minimum atomic E-state index is 0.820. The van der Waals surface area contributed by atoms with Crippen LogP contribution in [0.3, 0.4) is 0 Å². The van der Waals surface area contributed by atoms with Gasteiger partial charge in [0, 0.05) is 70.6 Å². The molecule has 20 aromatic carbocycles. The summed E-state index contributed by atoms with van der Waals surface area (Å²) < 4.78 is 24.1. The summed E-state index contributed by atoms with van der Waals surface area (Å²) in [5, 5.41) is 18.5. The summed E-state index contributed by atoms with van der Waals surface area (Å²) in [5.41, 5.74) is 37.6. The molecule has 636 valence electrons. The second kappa shape index (κ2) is 31.1. The number of hydrogen-bond donors (Lipinski definition) is 0. The normalized spacial score (nSPS) is 11.9. The van der Waals surface area contributed by atoms with Crippen molar-refractivity contribution in [2.45, 2.75) is 0 Å². The van der Waals surface area contributed by atoms with Crippen LogP contribution in [0.1, 0.15) is 0 Å². The van der Waals surface area contributed by atoms with Gasteiger partial charge in [0.05, 0.1) is 49.7 Å². The SMILES string of the molecule is c1cc(-c2ccc3c(c2)c2ccccc2c2nc4ccccc4n32)cc(-c2c3ccccc3nc3c2oc2ccccc23)c1.c1ccc(-c2c3ccccc3c(-c3ccccc3)c3cc(-c4cccc(-c5c6ccccc6nc6c5oc5ccccc56)c4)ccc23)cc1.c1ccc2c(-c3ccc(-c4ccc5c(c4)c4ccccc4c4nc6ccccc6n54)cc3)c3oc4ccccc4c3nc2c1. The summed E-state index contributed by atoms with van der Waals surface area (Å²) in [6.45, 7) is 0. The second-order valence-electron chi connectivity index (χ2n) is 35.4. The fourth-order valence-electron chi connectivity index (χ4n) is 21.6. The van der Waals surface area contributed by atoms with Crippen LogP contribution in [0.4, 0.5) is 0 Å². The van der Waals surface area contributed by atoms with E-state index in [1.165, 1.54) is 76.5 Å². The summed E-state index contributed by atoms with van der Waals surface area (Å²) in [5.74, 6) is 0. The second-order valence-corrected chi connectivity index (χ2v) is 35.4. The first-order chi connectivity index (χ1) is 67.9. The molecule has 0 aliphatic rings. The Kier molecular flexibility index (Phi) is 17.5. The van der Waals surface area contributed by atoms with Crippen LogP contribution < -0.4 is 0 Å². The fraction of sp³-hybridized carbons (Fsp3) is 0. The van der Waals surface area contributed by atoms with Gasteiger partial charge in [0.1, 0.15) is 44.6 Å². The van der Waals surface area contributed by atoms with Gasteiger partial charge in [0.2, 0.25) is 0 Å². The molecule has 10 heterocycles. The number of furan rings is 3. The van der Waals surface area contributed by atoms with Gasteiger partial charge in [-0.05, 0) is 226 Å². The van der Waals surface area contributed by atoms with Crippen LogP contribution in [0, 0.1) is 0 Å². The summed E-state index contributed by atoms with van der Waals surface area (Å²) in [6, 6.07) is 161. The summed E-state index contributed by atoms with van der Waals surface area (Å²) in [6.07, 6.45) is 0. The molecule has 0 spiro atoms. The lowest BCUT2D eigenvalue weighted by atomic mass is 9.84. The molecule has 0 amide bonds. The van der Waals surface area contributed by atoms with E-state index in [1.807, 2.05) is 66.7 Å². The average Bonchev–Trinajstić information content (AvgIpc) is 1.72. The molecule has 0 saturated carbocycles. The first kappa shape index (κ1) is 77.3. The molecule has 10 heteroatoms. The van der Waals surface area contributed by atoms with Crippen LogP contribution >= 0.6 is 0 Å². The van der Waals surface area contributed by atoms with Crippen molar-refractivity contribution < 1.29 is 13.3 Å². The predicted octanol–water partition coefficient (Wildman–Crippen LogP) is 34.3. The standard InChI is InChI=1S/C47H29NO.2C40H23N3O/c1-3-14-30(15-4-1)43-35-20-7-8-21-36(35)44(31-16-5-2-6-17-31)40-29-33(26-27-37(40)43)32-18-13-19-34(28-32)45-38-22-9-11-24-41(38)48-46-39-23-10-12-25-42(39)49-47(45)46;1-2-13-28-27(12-1)31-23-25(20-21-34(31)43-35-18-7-6-17-33(35)42-40(28)43)24-10-9-11-26(22-24)37-29-14-3-5-16-32(29)41-38-30-15-4-8-19-36(30)44-39(37)38;1-2-10-28-27(9-1)31-23-26(21-22-34(31)43-35-15-7-6-14-33(35)42-40(28)43)24-17-19-25(20-18-24)37-29-11-3-5-13-32(29)41-38-30-12-4-8-16-36(30)44-39(37)38/h1-29H;2*1-23H. The molecule has 10 nitrogen and oxygen atoms in total. The van der Waals surface area contributed by atoms with Gasteiger partial charge in [0.15, 0.2) is 16.7 Å². The molecule has 30 aromatic rings. The van der Waals surface area contributed by atoms with Gasteiger partial charge < -0.3 is 13.3 Å². The summed E-state index contributed by atoms with van der Waals surface area (Å²) in [7, 11) is 0. The summed E-state index contributed by atoms with van der Waals surface area (Å²) >= 11 is 0. The smallest absolute Gasteiger partial charge is 0.162 e. The molecule has 0 fully saturated rings. The van der Waals surface area contributed by atoms with E-state index in [-0.39, 0.29) is 0 Å². The van der Waals surface area contributed by atoms with Crippen LogP contribution in [0.2, 0.25) is 0 Å². The van der Waals surface area contributed by atoms with Gasteiger partial charge in [-0.2, -0.15) is 0 Å². The van der Waals surface area contributed by atoms with E-state index in [0.717, 1.165) is 210 Å². The van der Waals surface area contributed by atoms with Crippen molar-refractivity contribution in [1.29, 1.82) is 0 Å². The third kappa shape index (κ3) is 12.4. The van der Waals surface area contributed by atoms with E-state index < -0.39 is 0 Å². The van der Waals surface area contributed by atoms with E-state index in [1.54, 1.807) is 0 Å². The predicted molar refractivity (Wildman–Crippen MR) is 568 cm³/mol. The molecule has 0 aliphatic carbocycles. The van der Waals surface area contributed by atoms with Gasteiger partial charge in [0.25, 0.3) is 0 Å². The molecule has 0 saturated heterocycles. The van der Waals surface area contributed by atoms with E-state index in [9.17, 15) is 0 Å². The van der Waals surface area contributed by atoms with Crippen molar-refractivity contribution in [1.82, 2.24) is 33.7 Å². The highest BCUT2D eigenvalue weighted by Crippen LogP contribution is 2.50. The largest absolute Gasteiger partial charge is 0.454 e. The highest BCUT2D eigenvalue weighted by Gasteiger charge is 2.26. The van der Waals surface area contributed by atoms with Crippen molar-refractivity contribution in [2.75, 3.05) is 0 Å². The zero-order valence-corrected chi connectivity index (χ0v) is 73.7. The Labute approximate surface area is 782 Å². The van der Waals surface area contributed by atoms with Crippen LogP contribution in [0.25, 0.3) is 286 Å². The zero-order chi connectivity index (χ0) is 89.9. The van der Waals surface area contributed by atoms with Gasteiger partial charge in [-0.15, -0.1) is 0 Å². The fourth-order valence-corrected chi connectivity index (χ4v) is 21.6. The lowest BCUT2D eigenvalue weighted by molar-refractivity contribution is 0.669. The molecule has 0 bridgehead atoms. The molecule has 137 heavy (non-hydrogen) atoms. The quantitative estimate of drug-likeness (QED) is 0.109. The number of imidazole rings is 2. The third-order valence-corrected chi connectivity index (χ3v) is 27.7. The highest BCUT2D eigenvalue weighted by molar-refractivity contribution is 6.24. The minimum absolute atomic E-state index is 0.820. The Morgan fingerprint density at radius 3 is 0.854 bits per heavy atom. The number of rotatable bonds is 8. The Balaban J connectivity index is 0.000000102. The highest BCUT2D eigenvalue weighted by atomic mass is 16.3. The van der Waals surface area contributed by atoms with Crippen LogP contribution in [0.15, 0.2) is 468 Å². The monoisotopic (exact) mass is 1750 g/mol. The maximum absolute atomic E-state index is 6.55. The van der Waals surface area contributed by atoms with Crippen LogP contribution in [-0.2, 0) is 0 Å². The number of para-hydroxylation sites is 10. The number of pyridine rings is 5. The van der Waals surface area contributed by atoms with Crippen molar-refractivity contribution in [2.24, 2.45) is 0 Å². The Bertz CT molecular complexity index is 10300.